The van der Waals surface area contributed by atoms with Gasteiger partial charge in [0.2, 0.25) is 11.8 Å². The van der Waals surface area contributed by atoms with Crippen LogP contribution >= 0.6 is 0 Å². The summed E-state index contributed by atoms with van der Waals surface area (Å²) in [5, 5.41) is 14.7. The number of nitrogens with two attached hydrogens (primary N) is 1. The van der Waals surface area contributed by atoms with Gasteiger partial charge >= 0.3 is 5.97 Å². The highest BCUT2D eigenvalue weighted by atomic mass is 16.4. The van der Waals surface area contributed by atoms with Gasteiger partial charge in [0.05, 0.1) is 6.42 Å². The average Bonchev–Trinajstić information content (AvgIpc) is 2.38. The van der Waals surface area contributed by atoms with Gasteiger partial charge in [0.15, 0.2) is 0 Å². The number of piperidine rings is 1. The molecule has 0 aromatic rings. The van der Waals surface area contributed by atoms with Crippen molar-refractivity contribution in [2.24, 2.45) is 17.1 Å². The molecule has 2 atom stereocenters. The van der Waals surface area contributed by atoms with Crippen molar-refractivity contribution in [1.29, 1.82) is 0 Å². The highest BCUT2D eigenvalue weighted by molar-refractivity contribution is 5.90. The molecule has 0 spiro atoms. The Kier molecular flexibility index (Phi) is 5.50. The first-order chi connectivity index (χ1) is 9.25. The van der Waals surface area contributed by atoms with Crippen molar-refractivity contribution in [2.45, 2.75) is 39.2 Å². The minimum absolute atomic E-state index is 0.138. The van der Waals surface area contributed by atoms with Crippen molar-refractivity contribution in [3.05, 3.63) is 0 Å². The van der Waals surface area contributed by atoms with Gasteiger partial charge in [-0.2, -0.15) is 0 Å². The second kappa shape index (κ2) is 6.69. The molecular weight excluding hydrogens is 262 g/mol. The van der Waals surface area contributed by atoms with E-state index in [1.54, 1.807) is 13.8 Å². The van der Waals surface area contributed by atoms with Crippen LogP contribution in [0, 0.1) is 11.3 Å². The Bertz CT molecular complexity index is 389. The van der Waals surface area contributed by atoms with Crippen LogP contribution in [0.1, 0.15) is 33.1 Å². The van der Waals surface area contributed by atoms with Crippen LogP contribution in [0.3, 0.4) is 0 Å². The third kappa shape index (κ3) is 4.19. The lowest BCUT2D eigenvalue weighted by Crippen LogP contribution is -2.52. The first-order valence-electron chi connectivity index (χ1n) is 6.78. The van der Waals surface area contributed by atoms with Crippen molar-refractivity contribution in [3.63, 3.8) is 0 Å². The maximum absolute atomic E-state index is 12.3. The summed E-state index contributed by atoms with van der Waals surface area (Å²) in [7, 11) is 0. The maximum Gasteiger partial charge on any atom is 0.326 e. The van der Waals surface area contributed by atoms with Crippen LogP contribution in [-0.2, 0) is 14.4 Å². The summed E-state index contributed by atoms with van der Waals surface area (Å²) < 4.78 is 0. The van der Waals surface area contributed by atoms with Crippen molar-refractivity contribution < 1.29 is 19.5 Å². The quantitative estimate of drug-likeness (QED) is 0.522. The number of carbonyl (C=O) groups is 3. The predicted molar refractivity (Wildman–Crippen MR) is 72.8 cm³/mol. The lowest BCUT2D eigenvalue weighted by atomic mass is 9.74. The van der Waals surface area contributed by atoms with Crippen LogP contribution in [0.2, 0.25) is 0 Å². The van der Waals surface area contributed by atoms with Gasteiger partial charge in [-0.15, -0.1) is 0 Å². The lowest BCUT2D eigenvalue weighted by Gasteiger charge is -2.36. The zero-order valence-corrected chi connectivity index (χ0v) is 11.9. The summed E-state index contributed by atoms with van der Waals surface area (Å²) in [5.74, 6) is -2.23. The van der Waals surface area contributed by atoms with Gasteiger partial charge in [-0.1, -0.05) is 13.8 Å². The number of aliphatic carboxylic acids is 1. The molecule has 7 nitrogen and oxygen atoms in total. The number of amides is 2. The Balaban J connectivity index is 2.70. The summed E-state index contributed by atoms with van der Waals surface area (Å²) in [4.78, 5) is 34.2. The second-order valence-electron chi connectivity index (χ2n) is 5.80. The van der Waals surface area contributed by atoms with Gasteiger partial charge in [0, 0.05) is 5.41 Å². The van der Waals surface area contributed by atoms with Crippen LogP contribution in [-0.4, -0.2) is 42.0 Å². The van der Waals surface area contributed by atoms with Crippen molar-refractivity contribution in [1.82, 2.24) is 10.6 Å². The van der Waals surface area contributed by atoms with Gasteiger partial charge < -0.3 is 21.5 Å². The zero-order valence-electron chi connectivity index (χ0n) is 11.9. The van der Waals surface area contributed by atoms with Gasteiger partial charge in [0.1, 0.15) is 6.04 Å². The summed E-state index contributed by atoms with van der Waals surface area (Å²) in [5.41, 5.74) is 4.30. The molecule has 1 aliphatic rings. The van der Waals surface area contributed by atoms with Gasteiger partial charge in [-0.25, -0.2) is 4.79 Å². The molecule has 2 unspecified atom stereocenters. The Labute approximate surface area is 118 Å². The van der Waals surface area contributed by atoms with E-state index in [1.165, 1.54) is 0 Å². The summed E-state index contributed by atoms with van der Waals surface area (Å²) in [6, 6.07) is -1.27. The van der Waals surface area contributed by atoms with Crippen molar-refractivity contribution in [2.75, 3.05) is 13.1 Å². The van der Waals surface area contributed by atoms with Gasteiger partial charge in [-0.3, -0.25) is 9.59 Å². The fourth-order valence-corrected chi connectivity index (χ4v) is 2.40. The molecule has 114 valence electrons. The molecule has 0 aromatic carbocycles. The molecule has 20 heavy (non-hydrogen) atoms. The second-order valence-corrected chi connectivity index (χ2v) is 5.80. The lowest BCUT2D eigenvalue weighted by molar-refractivity contribution is -0.145. The molecule has 1 saturated heterocycles. The molecule has 1 heterocycles. The molecule has 0 radical (unpaired) electrons. The van der Waals surface area contributed by atoms with Crippen molar-refractivity contribution in [3.8, 4) is 0 Å². The largest absolute Gasteiger partial charge is 0.480 e. The van der Waals surface area contributed by atoms with Crippen LogP contribution in [0.25, 0.3) is 0 Å². The normalized spacial score (nSPS) is 21.0. The first-order valence-corrected chi connectivity index (χ1v) is 6.78. The van der Waals surface area contributed by atoms with Gasteiger partial charge in [0.25, 0.3) is 0 Å². The molecule has 1 fully saturated rings. The third-order valence-corrected chi connectivity index (χ3v) is 3.91. The van der Waals surface area contributed by atoms with Crippen LogP contribution in [0.4, 0.5) is 0 Å². The fourth-order valence-electron chi connectivity index (χ4n) is 2.40. The molecule has 2 amide bonds. The molecule has 1 rings (SSSR count). The topological polar surface area (TPSA) is 122 Å². The highest BCUT2D eigenvalue weighted by Crippen LogP contribution is 2.32. The van der Waals surface area contributed by atoms with E-state index >= 15 is 0 Å². The van der Waals surface area contributed by atoms with E-state index in [-0.39, 0.29) is 11.8 Å². The van der Waals surface area contributed by atoms with E-state index in [2.05, 4.69) is 10.6 Å². The first kappa shape index (κ1) is 16.4. The standard InChI is InChI=1S/C13H23N3O4/c1-13(2,8-4-3-5-15-7-8)12(20)16-9(11(18)19)6-10(14)17/h8-9,15H,3-7H2,1-2H3,(H2,14,17)(H,16,20)(H,18,19). The Morgan fingerprint density at radius 1 is 1.45 bits per heavy atom. The zero-order chi connectivity index (χ0) is 15.3. The van der Waals surface area contributed by atoms with Crippen LogP contribution in [0.15, 0.2) is 0 Å². The number of nitrogens with one attached hydrogen (secondary N) is 2. The smallest absolute Gasteiger partial charge is 0.326 e. The number of carboxylic acids is 1. The molecular formula is C13H23N3O4. The van der Waals surface area contributed by atoms with Crippen molar-refractivity contribution >= 4 is 17.8 Å². The number of hydrogen-bond donors (Lipinski definition) is 4. The summed E-state index contributed by atoms with van der Waals surface area (Å²) in [6.07, 6.45) is 1.51. The van der Waals surface area contributed by atoms with Crippen LogP contribution < -0.4 is 16.4 Å². The maximum atomic E-state index is 12.3. The van der Waals surface area contributed by atoms with E-state index in [9.17, 15) is 14.4 Å². The molecule has 5 N–H and O–H groups in total. The monoisotopic (exact) mass is 285 g/mol. The Morgan fingerprint density at radius 2 is 2.10 bits per heavy atom. The molecule has 1 aliphatic heterocycles. The number of carbonyl (C=O) groups excluding carboxylic acids is 2. The summed E-state index contributed by atoms with van der Waals surface area (Å²) in [6.45, 7) is 5.26. The number of carboxylic acid groups (broad SMARTS) is 1. The van der Waals surface area contributed by atoms with Crippen LogP contribution in [0.5, 0.6) is 0 Å². The van der Waals surface area contributed by atoms with E-state index in [0.29, 0.717) is 0 Å². The minimum atomic E-state index is -1.27. The number of hydrogen-bond acceptors (Lipinski definition) is 4. The highest BCUT2D eigenvalue weighted by Gasteiger charge is 2.39. The Hall–Kier alpha value is -1.63. The molecule has 0 saturated carbocycles. The van der Waals surface area contributed by atoms with E-state index in [0.717, 1.165) is 25.9 Å². The number of primary amides is 1. The SMILES string of the molecule is CC(C)(C(=O)NC(CC(N)=O)C(=O)O)C1CCCNC1. The molecule has 0 aromatic heterocycles. The van der Waals surface area contributed by atoms with E-state index in [4.69, 9.17) is 10.8 Å². The molecule has 0 aliphatic carbocycles. The Morgan fingerprint density at radius 3 is 2.55 bits per heavy atom. The predicted octanol–water partition coefficient (Wildman–Crippen LogP) is -0.543. The average molecular weight is 285 g/mol. The van der Waals surface area contributed by atoms with E-state index < -0.39 is 29.8 Å². The minimum Gasteiger partial charge on any atom is -0.480 e. The van der Waals surface area contributed by atoms with E-state index in [1.807, 2.05) is 0 Å². The van der Waals surface area contributed by atoms with Gasteiger partial charge in [-0.05, 0) is 31.8 Å². The molecule has 0 bridgehead atoms. The molecule has 7 heteroatoms. The third-order valence-electron chi connectivity index (χ3n) is 3.91. The summed E-state index contributed by atoms with van der Waals surface area (Å²) >= 11 is 0. The number of rotatable bonds is 6. The fraction of sp³-hybridized carbons (Fsp3) is 0.769.